The van der Waals surface area contributed by atoms with Crippen LogP contribution in [0, 0.1) is 5.82 Å². The van der Waals surface area contributed by atoms with Crippen LogP contribution in [0.2, 0.25) is 0 Å². The van der Waals surface area contributed by atoms with Gasteiger partial charge in [0.1, 0.15) is 17.3 Å². The Labute approximate surface area is 145 Å². The molecule has 4 nitrogen and oxygen atoms in total. The summed E-state index contributed by atoms with van der Waals surface area (Å²) in [5, 5.41) is 2.82. The Morgan fingerprint density at radius 1 is 1.12 bits per heavy atom. The summed E-state index contributed by atoms with van der Waals surface area (Å²) in [5.41, 5.74) is 2.29. The molecule has 0 saturated heterocycles. The molecule has 5 heteroatoms. The summed E-state index contributed by atoms with van der Waals surface area (Å²) >= 11 is 0. The van der Waals surface area contributed by atoms with E-state index in [4.69, 9.17) is 9.15 Å². The monoisotopic (exact) mass is 339 g/mol. The van der Waals surface area contributed by atoms with Gasteiger partial charge in [0.25, 0.3) is 5.91 Å². The predicted octanol–water partition coefficient (Wildman–Crippen LogP) is 4.16. The van der Waals surface area contributed by atoms with Crippen LogP contribution in [0.1, 0.15) is 21.7 Å². The van der Waals surface area contributed by atoms with Crippen LogP contribution in [0.4, 0.5) is 4.39 Å². The van der Waals surface area contributed by atoms with E-state index in [-0.39, 0.29) is 18.3 Å². The molecule has 1 amide bonds. The quantitative estimate of drug-likeness (QED) is 0.733. The lowest BCUT2D eigenvalue weighted by atomic mass is 10.1. The minimum atomic E-state index is -0.293. The SMILES string of the molecule is COCc1cccc(C(=O)NCc2ccc(-c3ccc(F)cc3)o2)c1. The Hall–Kier alpha value is -2.92. The van der Waals surface area contributed by atoms with Crippen LogP contribution in [-0.4, -0.2) is 13.0 Å². The van der Waals surface area contributed by atoms with Gasteiger partial charge in [-0.15, -0.1) is 0 Å². The van der Waals surface area contributed by atoms with Gasteiger partial charge >= 0.3 is 0 Å². The Morgan fingerprint density at radius 2 is 1.92 bits per heavy atom. The van der Waals surface area contributed by atoms with E-state index in [1.165, 1.54) is 12.1 Å². The number of amides is 1. The summed E-state index contributed by atoms with van der Waals surface area (Å²) in [6.07, 6.45) is 0. The van der Waals surface area contributed by atoms with Crippen LogP contribution in [0.25, 0.3) is 11.3 Å². The van der Waals surface area contributed by atoms with E-state index >= 15 is 0 Å². The normalized spacial score (nSPS) is 10.6. The zero-order chi connectivity index (χ0) is 17.6. The Balaban J connectivity index is 1.63. The van der Waals surface area contributed by atoms with Crippen molar-refractivity contribution in [3.63, 3.8) is 0 Å². The van der Waals surface area contributed by atoms with Gasteiger partial charge in [-0.2, -0.15) is 0 Å². The summed E-state index contributed by atoms with van der Waals surface area (Å²) in [6, 6.07) is 16.9. The molecule has 25 heavy (non-hydrogen) atoms. The number of hydrogen-bond donors (Lipinski definition) is 1. The van der Waals surface area contributed by atoms with Crippen molar-refractivity contribution in [2.45, 2.75) is 13.2 Å². The Bertz CT molecular complexity index is 855. The fourth-order valence-electron chi connectivity index (χ4n) is 2.48. The van der Waals surface area contributed by atoms with E-state index in [9.17, 15) is 9.18 Å². The highest BCUT2D eigenvalue weighted by atomic mass is 19.1. The van der Waals surface area contributed by atoms with Crippen LogP contribution in [0.5, 0.6) is 0 Å². The summed E-state index contributed by atoms with van der Waals surface area (Å²) in [5.74, 6) is 0.781. The third-order valence-electron chi connectivity index (χ3n) is 3.71. The third-order valence-corrected chi connectivity index (χ3v) is 3.71. The highest BCUT2D eigenvalue weighted by Crippen LogP contribution is 2.22. The second-order valence-corrected chi connectivity index (χ2v) is 5.59. The summed E-state index contributed by atoms with van der Waals surface area (Å²) in [7, 11) is 1.61. The Morgan fingerprint density at radius 3 is 2.68 bits per heavy atom. The zero-order valence-corrected chi connectivity index (χ0v) is 13.8. The molecule has 1 heterocycles. The largest absolute Gasteiger partial charge is 0.459 e. The van der Waals surface area contributed by atoms with Crippen LogP contribution >= 0.6 is 0 Å². The maximum absolute atomic E-state index is 13.0. The molecule has 1 aromatic heterocycles. The number of carbonyl (C=O) groups excluding carboxylic acids is 1. The smallest absolute Gasteiger partial charge is 0.251 e. The molecule has 0 atom stereocenters. The van der Waals surface area contributed by atoms with Gasteiger partial charge in [-0.05, 0) is 54.1 Å². The number of nitrogens with one attached hydrogen (secondary N) is 1. The van der Waals surface area contributed by atoms with E-state index in [0.29, 0.717) is 23.7 Å². The fraction of sp³-hybridized carbons (Fsp3) is 0.150. The van der Waals surface area contributed by atoms with E-state index < -0.39 is 0 Å². The maximum Gasteiger partial charge on any atom is 0.251 e. The molecule has 3 aromatic rings. The number of rotatable bonds is 6. The van der Waals surface area contributed by atoms with Crippen molar-refractivity contribution in [3.8, 4) is 11.3 Å². The lowest BCUT2D eigenvalue weighted by molar-refractivity contribution is 0.0947. The van der Waals surface area contributed by atoms with Gasteiger partial charge in [0.15, 0.2) is 0 Å². The van der Waals surface area contributed by atoms with E-state index in [1.807, 2.05) is 12.1 Å². The van der Waals surface area contributed by atoms with Gasteiger partial charge < -0.3 is 14.5 Å². The highest BCUT2D eigenvalue weighted by Gasteiger charge is 2.09. The standard InChI is InChI=1S/C20H18FNO3/c1-24-13-14-3-2-4-16(11-14)20(23)22-12-18-9-10-19(25-18)15-5-7-17(21)8-6-15/h2-11H,12-13H2,1H3,(H,22,23). The topological polar surface area (TPSA) is 51.5 Å². The molecule has 0 spiro atoms. The first-order valence-electron chi connectivity index (χ1n) is 7.86. The van der Waals surface area contributed by atoms with Crippen molar-refractivity contribution >= 4 is 5.91 Å². The molecular formula is C20H18FNO3. The first-order valence-corrected chi connectivity index (χ1v) is 7.86. The van der Waals surface area contributed by atoms with Crippen molar-refractivity contribution in [2.24, 2.45) is 0 Å². The number of furan rings is 1. The molecule has 0 aliphatic carbocycles. The lowest BCUT2D eigenvalue weighted by Gasteiger charge is -2.06. The van der Waals surface area contributed by atoms with Crippen molar-refractivity contribution in [1.82, 2.24) is 5.32 Å². The second kappa shape index (κ2) is 7.77. The van der Waals surface area contributed by atoms with Gasteiger partial charge in [0.2, 0.25) is 0 Å². The van der Waals surface area contributed by atoms with Gasteiger partial charge in [-0.1, -0.05) is 12.1 Å². The van der Waals surface area contributed by atoms with Gasteiger partial charge in [0, 0.05) is 18.2 Å². The van der Waals surface area contributed by atoms with Gasteiger partial charge in [-0.25, -0.2) is 4.39 Å². The highest BCUT2D eigenvalue weighted by molar-refractivity contribution is 5.94. The summed E-state index contributed by atoms with van der Waals surface area (Å²) in [4.78, 5) is 12.3. The molecule has 0 aliphatic rings. The number of ether oxygens (including phenoxy) is 1. The van der Waals surface area contributed by atoms with Crippen molar-refractivity contribution in [3.05, 3.63) is 83.4 Å². The second-order valence-electron chi connectivity index (χ2n) is 5.59. The van der Waals surface area contributed by atoms with Crippen molar-refractivity contribution < 1.29 is 18.3 Å². The van der Waals surface area contributed by atoms with Crippen LogP contribution in [0.3, 0.4) is 0 Å². The van der Waals surface area contributed by atoms with Gasteiger partial charge in [-0.3, -0.25) is 4.79 Å². The average molecular weight is 339 g/mol. The van der Waals surface area contributed by atoms with Crippen molar-refractivity contribution in [1.29, 1.82) is 0 Å². The van der Waals surface area contributed by atoms with Crippen molar-refractivity contribution in [2.75, 3.05) is 7.11 Å². The molecule has 2 aromatic carbocycles. The van der Waals surface area contributed by atoms with Gasteiger partial charge in [0.05, 0.1) is 13.2 Å². The summed E-state index contributed by atoms with van der Waals surface area (Å²) in [6.45, 7) is 0.731. The predicted molar refractivity (Wildman–Crippen MR) is 92.4 cm³/mol. The van der Waals surface area contributed by atoms with Crippen LogP contribution in [-0.2, 0) is 17.9 Å². The molecule has 3 rings (SSSR count). The third kappa shape index (κ3) is 4.33. The molecule has 1 N–H and O–H groups in total. The number of methoxy groups -OCH3 is 1. The fourth-order valence-corrected chi connectivity index (χ4v) is 2.48. The zero-order valence-electron chi connectivity index (χ0n) is 13.8. The average Bonchev–Trinajstić information content (AvgIpc) is 3.10. The Kier molecular flexibility index (Phi) is 5.26. The molecule has 0 saturated carbocycles. The lowest BCUT2D eigenvalue weighted by Crippen LogP contribution is -2.22. The van der Waals surface area contributed by atoms with E-state index in [1.54, 1.807) is 43.5 Å². The summed E-state index contributed by atoms with van der Waals surface area (Å²) < 4.78 is 23.7. The molecule has 128 valence electrons. The maximum atomic E-state index is 13.0. The molecule has 0 aliphatic heterocycles. The molecule has 0 bridgehead atoms. The molecule has 0 fully saturated rings. The molecule has 0 unspecified atom stereocenters. The van der Waals surface area contributed by atoms with Crippen LogP contribution < -0.4 is 5.32 Å². The van der Waals surface area contributed by atoms with E-state index in [2.05, 4.69) is 5.32 Å². The number of halogens is 1. The first-order chi connectivity index (χ1) is 12.2. The number of benzene rings is 2. The molecule has 0 radical (unpaired) electrons. The van der Waals surface area contributed by atoms with Crippen LogP contribution in [0.15, 0.2) is 65.1 Å². The van der Waals surface area contributed by atoms with E-state index in [0.717, 1.165) is 11.1 Å². The minimum Gasteiger partial charge on any atom is -0.459 e. The first kappa shape index (κ1) is 16.9. The minimum absolute atomic E-state index is 0.183. The number of carbonyl (C=O) groups is 1. The number of hydrogen-bond acceptors (Lipinski definition) is 3. The molecular weight excluding hydrogens is 321 g/mol.